The number of aromatic nitrogens is 2. The van der Waals surface area contributed by atoms with Crippen LogP contribution in [0.1, 0.15) is 93.4 Å². The Labute approximate surface area is 391 Å². The number of hydrogen-bond acceptors (Lipinski definition) is 13. The number of carbonyl (C=O) groups is 4. The number of fused-ring (bicyclic) bond motifs is 3. The molecule has 0 spiro atoms. The molecule has 5 heterocycles. The molecule has 3 aliphatic heterocycles. The molecule has 2 aromatic heterocycles. The molecule has 2 saturated heterocycles. The Morgan fingerprint density at radius 1 is 1.06 bits per heavy atom. The van der Waals surface area contributed by atoms with Gasteiger partial charge in [0, 0.05) is 65.8 Å². The number of ether oxygens (including phenoxy) is 3. The molecule has 3 aromatic rings. The summed E-state index contributed by atoms with van der Waals surface area (Å²) in [4.78, 5) is 67.1. The smallest absolute Gasteiger partial charge is 0.408 e. The average molecular weight is 953 g/mol. The zero-order valence-corrected chi connectivity index (χ0v) is 40.7. The SMILES string of the molecule is COc1ccc2c(O[C@@H]3C[C@H]4C(=O)N[C@]5(C(=O)O)CC5/C=C\CCCCC[C@H](NC(=O)O[C@H](CN5CCN(C(C)C)S5(=O)=O)C(C)(C)C)C(=O)N4C3)cc(-c3csc(NC(C)C)n3)nc2c1. The van der Waals surface area contributed by atoms with Crippen LogP contribution in [0.15, 0.2) is 41.8 Å². The Kier molecular flexibility index (Phi) is 14.6. The molecule has 1 aromatic carbocycles. The number of thiazole rings is 1. The number of nitrogens with one attached hydrogen (secondary N) is 3. The fraction of sp³-hybridized carbons (Fsp3) is 0.609. The highest BCUT2D eigenvalue weighted by atomic mass is 32.2. The Bertz CT molecular complexity index is 2440. The van der Waals surface area contributed by atoms with Crippen LogP contribution in [0.3, 0.4) is 0 Å². The molecule has 1 saturated carbocycles. The Morgan fingerprint density at radius 3 is 2.52 bits per heavy atom. The second-order valence-corrected chi connectivity index (χ2v) is 22.1. The van der Waals surface area contributed by atoms with Gasteiger partial charge in [0.05, 0.1) is 31.4 Å². The van der Waals surface area contributed by atoms with Gasteiger partial charge in [-0.05, 0) is 65.5 Å². The molecule has 4 N–H and O–H groups in total. The van der Waals surface area contributed by atoms with Crippen molar-refractivity contribution in [2.75, 3.05) is 38.6 Å². The first-order valence-electron chi connectivity index (χ1n) is 22.8. The lowest BCUT2D eigenvalue weighted by atomic mass is 9.89. The molecule has 0 bridgehead atoms. The summed E-state index contributed by atoms with van der Waals surface area (Å²) in [5, 5.41) is 22.6. The minimum atomic E-state index is -3.79. The number of pyridine rings is 1. The molecular weight excluding hydrogens is 889 g/mol. The summed E-state index contributed by atoms with van der Waals surface area (Å²) in [6.45, 7) is 13.6. The molecule has 1 unspecified atom stereocenters. The predicted molar refractivity (Wildman–Crippen MR) is 251 cm³/mol. The zero-order valence-electron chi connectivity index (χ0n) is 39.0. The van der Waals surface area contributed by atoms with E-state index in [-0.39, 0.29) is 51.0 Å². The summed E-state index contributed by atoms with van der Waals surface area (Å²) >= 11 is 1.44. The van der Waals surface area contributed by atoms with Crippen molar-refractivity contribution in [1.82, 2.24) is 34.1 Å². The van der Waals surface area contributed by atoms with Gasteiger partial charge in [-0.25, -0.2) is 19.6 Å². The number of carbonyl (C=O) groups excluding carboxylic acids is 3. The molecule has 7 rings (SSSR count). The van der Waals surface area contributed by atoms with E-state index >= 15 is 0 Å². The number of methoxy groups -OCH3 is 1. The number of amides is 3. The summed E-state index contributed by atoms with van der Waals surface area (Å²) in [6, 6.07) is 4.81. The van der Waals surface area contributed by atoms with Gasteiger partial charge in [0.15, 0.2) is 5.13 Å². The van der Waals surface area contributed by atoms with Gasteiger partial charge in [0.1, 0.15) is 47.0 Å². The van der Waals surface area contributed by atoms with E-state index in [0.717, 1.165) is 11.6 Å². The number of anilines is 1. The minimum absolute atomic E-state index is 0.0171. The number of alkyl carbamates (subject to hydrolysis) is 1. The van der Waals surface area contributed by atoms with Gasteiger partial charge >= 0.3 is 12.1 Å². The molecule has 4 aliphatic rings. The lowest BCUT2D eigenvalue weighted by molar-refractivity contribution is -0.145. The van der Waals surface area contributed by atoms with Crippen molar-refractivity contribution in [2.45, 2.75) is 135 Å². The van der Waals surface area contributed by atoms with Gasteiger partial charge in [-0.3, -0.25) is 9.59 Å². The second-order valence-electron chi connectivity index (χ2n) is 19.4. The molecule has 66 heavy (non-hydrogen) atoms. The van der Waals surface area contributed by atoms with E-state index in [4.69, 9.17) is 24.2 Å². The van der Waals surface area contributed by atoms with Crippen molar-refractivity contribution in [3.8, 4) is 22.9 Å². The maximum absolute atomic E-state index is 15.0. The van der Waals surface area contributed by atoms with Crippen molar-refractivity contribution >= 4 is 61.5 Å². The van der Waals surface area contributed by atoms with E-state index in [9.17, 15) is 32.7 Å². The first-order valence-corrected chi connectivity index (χ1v) is 25.1. The molecule has 6 atom stereocenters. The fourth-order valence-electron chi connectivity index (χ4n) is 8.84. The van der Waals surface area contributed by atoms with Crippen LogP contribution in [0.2, 0.25) is 0 Å². The van der Waals surface area contributed by atoms with E-state index in [1.807, 2.05) is 72.1 Å². The highest BCUT2D eigenvalue weighted by Crippen LogP contribution is 2.46. The van der Waals surface area contributed by atoms with E-state index in [0.29, 0.717) is 59.6 Å². The Hall–Kier alpha value is -5.05. The van der Waals surface area contributed by atoms with Crippen molar-refractivity contribution in [3.05, 3.63) is 41.8 Å². The molecule has 20 heteroatoms. The molecule has 360 valence electrons. The van der Waals surface area contributed by atoms with Crippen LogP contribution >= 0.6 is 11.3 Å². The van der Waals surface area contributed by atoms with Gasteiger partial charge in [-0.2, -0.15) is 17.0 Å². The Balaban J connectivity index is 1.18. The number of rotatable bonds is 12. The quantitative estimate of drug-likeness (QED) is 0.158. The summed E-state index contributed by atoms with van der Waals surface area (Å²) < 4.78 is 47.8. The standard InChI is InChI=1S/C46H64N8O10S2/c1-27(2)47-43-49-36(26-65-43)35-22-38(32-17-16-30(62-8)20-34(32)48-35)63-31-21-37-40(55)51-46(42(57)58)23-29(46)14-12-10-9-11-13-15-33(41(56)53(37)24-31)50-44(59)64-39(45(5,6)7)25-52-18-19-54(28(3)4)66(52,60)61/h12,14,16-17,20,22,26-29,31,33,37,39H,9-11,13,15,18-19,21,23-25H2,1-8H3,(H,47,49)(H,50,59)(H,51,55)(H,57,58)/b14-12-/t29?,31-,33+,37+,39-,46-/m1/s1. The molecular formula is C46H64N8O10S2. The maximum atomic E-state index is 15.0. The third kappa shape index (κ3) is 10.7. The highest BCUT2D eigenvalue weighted by molar-refractivity contribution is 7.87. The highest BCUT2D eigenvalue weighted by Gasteiger charge is 2.61. The van der Waals surface area contributed by atoms with Gasteiger partial charge in [-0.15, -0.1) is 11.3 Å². The largest absolute Gasteiger partial charge is 0.497 e. The first kappa shape index (κ1) is 48.9. The topological polar surface area (TPSA) is 222 Å². The lowest BCUT2D eigenvalue weighted by Crippen LogP contribution is -2.56. The van der Waals surface area contributed by atoms with E-state index in [2.05, 4.69) is 16.0 Å². The molecule has 18 nitrogen and oxygen atoms in total. The molecule has 1 aliphatic carbocycles. The number of benzene rings is 1. The van der Waals surface area contributed by atoms with Crippen LogP contribution in [0.5, 0.6) is 11.5 Å². The number of hydrogen-bond donors (Lipinski definition) is 4. The monoisotopic (exact) mass is 952 g/mol. The van der Waals surface area contributed by atoms with Crippen LogP contribution in [-0.2, 0) is 29.3 Å². The molecule has 0 radical (unpaired) electrons. The van der Waals surface area contributed by atoms with Crippen LogP contribution in [0.4, 0.5) is 9.93 Å². The van der Waals surface area contributed by atoms with Gasteiger partial charge < -0.3 is 40.2 Å². The van der Waals surface area contributed by atoms with E-state index < -0.39 is 75.2 Å². The van der Waals surface area contributed by atoms with Crippen molar-refractivity contribution in [2.24, 2.45) is 11.3 Å². The molecule has 3 amide bonds. The first-order chi connectivity index (χ1) is 31.2. The van der Waals surface area contributed by atoms with E-state index in [1.54, 1.807) is 25.3 Å². The normalized spacial score (nSPS) is 26.2. The number of carboxylic acids is 1. The summed E-state index contributed by atoms with van der Waals surface area (Å²) in [5.41, 5.74) is -0.482. The summed E-state index contributed by atoms with van der Waals surface area (Å²) in [5.74, 6) is -1.75. The lowest BCUT2D eigenvalue weighted by Gasteiger charge is -2.34. The van der Waals surface area contributed by atoms with Crippen LogP contribution in [-0.4, -0.2) is 136 Å². The third-order valence-corrected chi connectivity index (χ3v) is 15.7. The van der Waals surface area contributed by atoms with Crippen molar-refractivity contribution in [3.63, 3.8) is 0 Å². The third-order valence-electron chi connectivity index (χ3n) is 12.7. The van der Waals surface area contributed by atoms with E-state index in [1.165, 1.54) is 24.8 Å². The van der Waals surface area contributed by atoms with Gasteiger partial charge in [0.2, 0.25) is 11.8 Å². The van der Waals surface area contributed by atoms with Gasteiger partial charge in [0.25, 0.3) is 10.2 Å². The zero-order chi connectivity index (χ0) is 47.7. The Morgan fingerprint density at radius 2 is 1.83 bits per heavy atom. The van der Waals surface area contributed by atoms with Crippen LogP contribution in [0.25, 0.3) is 22.3 Å². The number of nitrogens with zero attached hydrogens (tertiary/aromatic N) is 5. The number of carboxylic acid groups (broad SMARTS) is 1. The fourth-order valence-corrected chi connectivity index (χ4v) is 11.5. The van der Waals surface area contributed by atoms with Crippen LogP contribution in [0, 0.1) is 11.3 Å². The second kappa shape index (κ2) is 19.7. The van der Waals surface area contributed by atoms with Crippen LogP contribution < -0.4 is 25.4 Å². The predicted octanol–water partition coefficient (Wildman–Crippen LogP) is 5.80. The minimum Gasteiger partial charge on any atom is -0.497 e. The van der Waals surface area contributed by atoms with Crippen molar-refractivity contribution < 1.29 is 46.9 Å². The van der Waals surface area contributed by atoms with Crippen molar-refractivity contribution in [1.29, 1.82) is 0 Å². The summed E-state index contributed by atoms with van der Waals surface area (Å²) in [7, 11) is -2.22. The number of aliphatic carboxylic acids is 1. The summed E-state index contributed by atoms with van der Waals surface area (Å²) in [6.07, 6.45) is 4.42. The number of allylic oxidation sites excluding steroid dienone is 1. The average Bonchev–Trinajstić information content (AvgIpc) is 3.50. The molecule has 3 fully saturated rings. The maximum Gasteiger partial charge on any atom is 0.408 e. The van der Waals surface area contributed by atoms with Gasteiger partial charge in [-0.1, -0.05) is 45.8 Å².